The maximum atomic E-state index is 12.9. The Bertz CT molecular complexity index is 800. The number of fused-ring (bicyclic) bond motifs is 3. The summed E-state index contributed by atoms with van der Waals surface area (Å²) >= 11 is 0. The molecule has 1 aromatic carbocycles. The van der Waals surface area contributed by atoms with Gasteiger partial charge < -0.3 is 20.1 Å². The molecule has 6 heteroatoms. The summed E-state index contributed by atoms with van der Waals surface area (Å²) in [7, 11) is 0. The molecular formula is C19H24N4O2. The molecule has 25 heavy (non-hydrogen) atoms. The van der Waals surface area contributed by atoms with E-state index in [1.165, 1.54) is 0 Å². The van der Waals surface area contributed by atoms with Crippen molar-refractivity contribution in [1.29, 1.82) is 0 Å². The maximum absolute atomic E-state index is 12.9. The van der Waals surface area contributed by atoms with E-state index in [-0.39, 0.29) is 12.1 Å². The topological polar surface area (TPSA) is 68.4 Å². The van der Waals surface area contributed by atoms with E-state index in [1.54, 1.807) is 0 Å². The van der Waals surface area contributed by atoms with Gasteiger partial charge in [0.05, 0.1) is 5.69 Å². The highest BCUT2D eigenvalue weighted by molar-refractivity contribution is 6.40. The van der Waals surface area contributed by atoms with Gasteiger partial charge in [0.1, 0.15) is 0 Å². The highest BCUT2D eigenvalue weighted by atomic mass is 16.2. The minimum absolute atomic E-state index is 0.161. The fourth-order valence-electron chi connectivity index (χ4n) is 4.25. The number of carbonyl (C=O) groups excluding carboxylic acids is 2. The van der Waals surface area contributed by atoms with Crippen LogP contribution in [0.3, 0.4) is 0 Å². The Morgan fingerprint density at radius 3 is 2.88 bits per heavy atom. The predicted octanol–water partition coefficient (Wildman–Crippen LogP) is 2.19. The van der Waals surface area contributed by atoms with E-state index in [1.807, 2.05) is 35.4 Å². The Morgan fingerprint density at radius 1 is 1.20 bits per heavy atom. The molecule has 2 unspecified atom stereocenters. The average molecular weight is 340 g/mol. The lowest BCUT2D eigenvalue weighted by Crippen LogP contribution is -2.47. The van der Waals surface area contributed by atoms with E-state index < -0.39 is 11.8 Å². The molecule has 0 aliphatic carbocycles. The first-order valence-corrected chi connectivity index (χ1v) is 9.09. The molecule has 1 aromatic heterocycles. The smallest absolute Gasteiger partial charge is 0.313 e. The summed E-state index contributed by atoms with van der Waals surface area (Å²) in [5, 5.41) is 3.74. The van der Waals surface area contributed by atoms with Gasteiger partial charge in [-0.15, -0.1) is 0 Å². The first-order chi connectivity index (χ1) is 12.2. The van der Waals surface area contributed by atoms with Gasteiger partial charge in [0.25, 0.3) is 0 Å². The van der Waals surface area contributed by atoms with E-state index in [0.717, 1.165) is 49.8 Å². The molecule has 6 nitrogen and oxygen atoms in total. The fourth-order valence-corrected chi connectivity index (χ4v) is 4.25. The second-order valence-electron chi connectivity index (χ2n) is 6.98. The van der Waals surface area contributed by atoms with Gasteiger partial charge in [-0.25, -0.2) is 0 Å². The molecule has 3 heterocycles. The van der Waals surface area contributed by atoms with Crippen LogP contribution in [0.2, 0.25) is 0 Å². The summed E-state index contributed by atoms with van der Waals surface area (Å²) in [6, 6.07) is 7.91. The van der Waals surface area contributed by atoms with Crippen LogP contribution in [0.1, 0.15) is 26.2 Å². The highest BCUT2D eigenvalue weighted by Gasteiger charge is 2.41. The molecule has 2 atom stereocenters. The zero-order valence-electron chi connectivity index (χ0n) is 14.5. The molecule has 2 fully saturated rings. The minimum atomic E-state index is -0.532. The maximum Gasteiger partial charge on any atom is 0.313 e. The van der Waals surface area contributed by atoms with Crippen LogP contribution in [0.25, 0.3) is 10.9 Å². The van der Waals surface area contributed by atoms with E-state index >= 15 is 0 Å². The number of likely N-dealkylation sites (N-methyl/N-ethyl adjacent to an activating group) is 1. The van der Waals surface area contributed by atoms with Crippen molar-refractivity contribution in [2.45, 2.75) is 38.3 Å². The minimum Gasteiger partial charge on any atom is -0.361 e. The van der Waals surface area contributed by atoms with Gasteiger partial charge in [0.15, 0.2) is 0 Å². The SMILES string of the molecule is CCN1CCC2CCC(C1)N2C(=O)C(=O)Nc1cccc2[nH]ccc12. The molecular weight excluding hydrogens is 316 g/mol. The molecule has 2 aliphatic heterocycles. The number of amides is 2. The number of aromatic nitrogens is 1. The van der Waals surface area contributed by atoms with Crippen LogP contribution in [-0.2, 0) is 9.59 Å². The van der Waals surface area contributed by atoms with E-state index in [9.17, 15) is 9.59 Å². The van der Waals surface area contributed by atoms with Crippen LogP contribution >= 0.6 is 0 Å². The van der Waals surface area contributed by atoms with Crippen molar-refractivity contribution in [1.82, 2.24) is 14.8 Å². The average Bonchev–Trinajstić information content (AvgIpc) is 3.19. The third-order valence-corrected chi connectivity index (χ3v) is 5.59. The van der Waals surface area contributed by atoms with Gasteiger partial charge in [-0.05, 0) is 44.0 Å². The van der Waals surface area contributed by atoms with E-state index in [4.69, 9.17) is 0 Å². The standard InChI is InChI=1S/C19H24N4O2/c1-2-22-11-9-13-6-7-14(12-22)23(13)19(25)18(24)21-17-5-3-4-16-15(17)8-10-20-16/h3-5,8,10,13-14,20H,2,6-7,9,11-12H2,1H3,(H,21,24). The number of hydrogen-bond donors (Lipinski definition) is 2. The molecule has 132 valence electrons. The first-order valence-electron chi connectivity index (χ1n) is 9.09. The summed E-state index contributed by atoms with van der Waals surface area (Å²) in [5.74, 6) is -0.923. The van der Waals surface area contributed by atoms with Gasteiger partial charge >= 0.3 is 11.8 Å². The van der Waals surface area contributed by atoms with Gasteiger partial charge in [0.2, 0.25) is 0 Å². The van der Waals surface area contributed by atoms with Crippen LogP contribution in [0.5, 0.6) is 0 Å². The van der Waals surface area contributed by atoms with Crippen molar-refractivity contribution in [3.05, 3.63) is 30.5 Å². The van der Waals surface area contributed by atoms with Gasteiger partial charge in [-0.2, -0.15) is 0 Å². The number of rotatable bonds is 2. The molecule has 2 N–H and O–H groups in total. The molecule has 2 aromatic rings. The Balaban J connectivity index is 1.52. The summed E-state index contributed by atoms with van der Waals surface area (Å²) in [6.45, 7) is 5.02. The summed E-state index contributed by atoms with van der Waals surface area (Å²) in [5.41, 5.74) is 1.62. The molecule has 2 amide bonds. The van der Waals surface area contributed by atoms with Crippen molar-refractivity contribution in [2.24, 2.45) is 0 Å². The number of nitrogens with one attached hydrogen (secondary N) is 2. The highest BCUT2D eigenvalue weighted by Crippen LogP contribution is 2.30. The van der Waals surface area contributed by atoms with Crippen molar-refractivity contribution in [3.8, 4) is 0 Å². The van der Waals surface area contributed by atoms with Gasteiger partial charge in [0, 0.05) is 42.3 Å². The van der Waals surface area contributed by atoms with Crippen molar-refractivity contribution >= 4 is 28.4 Å². The lowest BCUT2D eigenvalue weighted by molar-refractivity contribution is -0.145. The van der Waals surface area contributed by atoms with Crippen LogP contribution in [0, 0.1) is 0 Å². The molecule has 4 rings (SSSR count). The molecule has 2 saturated heterocycles. The quantitative estimate of drug-likeness (QED) is 0.824. The zero-order valence-corrected chi connectivity index (χ0v) is 14.5. The first kappa shape index (κ1) is 16.1. The van der Waals surface area contributed by atoms with Crippen LogP contribution in [0.15, 0.2) is 30.5 Å². The van der Waals surface area contributed by atoms with Crippen molar-refractivity contribution in [3.63, 3.8) is 0 Å². The summed E-state index contributed by atoms with van der Waals surface area (Å²) < 4.78 is 0. The molecule has 0 spiro atoms. The number of likely N-dealkylation sites (tertiary alicyclic amines) is 1. The predicted molar refractivity (Wildman–Crippen MR) is 97.3 cm³/mol. The Labute approximate surface area is 147 Å². The van der Waals surface area contributed by atoms with Crippen LogP contribution < -0.4 is 5.32 Å². The third-order valence-electron chi connectivity index (χ3n) is 5.59. The van der Waals surface area contributed by atoms with Crippen molar-refractivity contribution in [2.75, 3.05) is 25.0 Å². The lowest BCUT2D eigenvalue weighted by Gasteiger charge is -2.28. The van der Waals surface area contributed by atoms with Crippen LogP contribution in [-0.4, -0.2) is 58.3 Å². The number of anilines is 1. The monoisotopic (exact) mass is 340 g/mol. The number of benzene rings is 1. The van der Waals surface area contributed by atoms with Crippen molar-refractivity contribution < 1.29 is 9.59 Å². The largest absolute Gasteiger partial charge is 0.361 e. The normalized spacial score (nSPS) is 23.6. The second kappa shape index (κ2) is 6.52. The zero-order chi connectivity index (χ0) is 17.4. The van der Waals surface area contributed by atoms with Gasteiger partial charge in [-0.1, -0.05) is 13.0 Å². The molecule has 2 aliphatic rings. The Kier molecular flexibility index (Phi) is 4.21. The summed E-state index contributed by atoms with van der Waals surface area (Å²) in [4.78, 5) is 32.9. The molecule has 2 bridgehead atoms. The Morgan fingerprint density at radius 2 is 2.04 bits per heavy atom. The Hall–Kier alpha value is -2.34. The number of aromatic amines is 1. The third kappa shape index (κ3) is 2.91. The molecule has 0 saturated carbocycles. The van der Waals surface area contributed by atoms with Crippen LogP contribution in [0.4, 0.5) is 5.69 Å². The van der Waals surface area contributed by atoms with E-state index in [0.29, 0.717) is 5.69 Å². The second-order valence-corrected chi connectivity index (χ2v) is 6.98. The summed E-state index contributed by atoms with van der Waals surface area (Å²) in [6.07, 6.45) is 4.79. The number of nitrogens with zero attached hydrogens (tertiary/aromatic N) is 2. The van der Waals surface area contributed by atoms with E-state index in [2.05, 4.69) is 22.1 Å². The number of H-pyrrole nitrogens is 1. The fraction of sp³-hybridized carbons (Fsp3) is 0.474. The number of carbonyl (C=O) groups is 2. The lowest BCUT2D eigenvalue weighted by atomic mass is 10.1. The van der Waals surface area contributed by atoms with Gasteiger partial charge in [-0.3, -0.25) is 9.59 Å². The number of hydrogen-bond acceptors (Lipinski definition) is 3. The molecule has 0 radical (unpaired) electrons.